The number of rotatable bonds is 6. The van der Waals surface area contributed by atoms with E-state index in [1.165, 1.54) is 12.8 Å². The Morgan fingerprint density at radius 3 is 2.88 bits per heavy atom. The fourth-order valence-corrected chi connectivity index (χ4v) is 2.37. The number of hydrogen-bond acceptors (Lipinski definition) is 4. The molecule has 1 aromatic heterocycles. The van der Waals surface area contributed by atoms with Crippen molar-refractivity contribution in [1.29, 1.82) is 0 Å². The lowest BCUT2D eigenvalue weighted by Crippen LogP contribution is -2.20. The standard InChI is InChI=1S/C12H20N2OS/c1-8(2)6-10-7-11(14-15-10)12(16-3)13-9-4-5-9/h7-9,12-13H,4-6H2,1-3H3. The maximum absolute atomic E-state index is 5.36. The van der Waals surface area contributed by atoms with E-state index < -0.39 is 0 Å². The van der Waals surface area contributed by atoms with E-state index >= 15 is 0 Å². The van der Waals surface area contributed by atoms with Crippen LogP contribution in [0, 0.1) is 5.92 Å². The Kier molecular flexibility index (Phi) is 3.92. The smallest absolute Gasteiger partial charge is 0.137 e. The molecular weight excluding hydrogens is 220 g/mol. The zero-order valence-electron chi connectivity index (χ0n) is 10.2. The van der Waals surface area contributed by atoms with Gasteiger partial charge in [-0.1, -0.05) is 19.0 Å². The van der Waals surface area contributed by atoms with Gasteiger partial charge in [0.2, 0.25) is 0 Å². The van der Waals surface area contributed by atoms with Crippen LogP contribution in [0.4, 0.5) is 0 Å². The first kappa shape index (κ1) is 12.0. The van der Waals surface area contributed by atoms with Crippen molar-refractivity contribution in [2.75, 3.05) is 6.26 Å². The van der Waals surface area contributed by atoms with Crippen molar-refractivity contribution < 1.29 is 4.52 Å². The Labute approximate surface area is 101 Å². The summed E-state index contributed by atoms with van der Waals surface area (Å²) in [5, 5.41) is 8.02. The molecular formula is C12H20N2OS. The number of nitrogens with zero attached hydrogens (tertiary/aromatic N) is 1. The van der Waals surface area contributed by atoms with Crippen LogP contribution in [0.2, 0.25) is 0 Å². The van der Waals surface area contributed by atoms with Crippen LogP contribution in [0.1, 0.15) is 43.5 Å². The highest BCUT2D eigenvalue weighted by molar-refractivity contribution is 7.98. The second-order valence-corrected chi connectivity index (χ2v) is 5.82. The van der Waals surface area contributed by atoms with Crippen LogP contribution in [-0.4, -0.2) is 17.5 Å². The summed E-state index contributed by atoms with van der Waals surface area (Å²) in [6.45, 7) is 4.38. The lowest BCUT2D eigenvalue weighted by molar-refractivity contribution is 0.361. The molecule has 1 fully saturated rings. The second-order valence-electron chi connectivity index (χ2n) is 4.87. The molecule has 0 aromatic carbocycles. The Hall–Kier alpha value is -0.480. The first-order chi connectivity index (χ1) is 7.69. The van der Waals surface area contributed by atoms with Crippen LogP contribution in [0.25, 0.3) is 0 Å². The Balaban J connectivity index is 1.97. The van der Waals surface area contributed by atoms with Gasteiger partial charge in [0.1, 0.15) is 11.5 Å². The van der Waals surface area contributed by atoms with E-state index in [0.29, 0.717) is 12.0 Å². The van der Waals surface area contributed by atoms with Crippen LogP contribution < -0.4 is 5.32 Å². The van der Waals surface area contributed by atoms with Crippen molar-refractivity contribution in [2.45, 2.75) is 44.5 Å². The molecule has 0 radical (unpaired) electrons. The normalized spacial score (nSPS) is 18.0. The van der Waals surface area contributed by atoms with Gasteiger partial charge in [0.15, 0.2) is 0 Å². The summed E-state index contributed by atoms with van der Waals surface area (Å²) in [6, 6.07) is 2.79. The minimum absolute atomic E-state index is 0.289. The van der Waals surface area contributed by atoms with Crippen molar-refractivity contribution in [3.05, 3.63) is 17.5 Å². The van der Waals surface area contributed by atoms with Crippen LogP contribution in [0.5, 0.6) is 0 Å². The zero-order chi connectivity index (χ0) is 11.5. The highest BCUT2D eigenvalue weighted by Crippen LogP contribution is 2.29. The second kappa shape index (κ2) is 5.23. The molecule has 0 spiro atoms. The molecule has 0 saturated heterocycles. The van der Waals surface area contributed by atoms with E-state index in [0.717, 1.165) is 17.9 Å². The fraction of sp³-hybridized carbons (Fsp3) is 0.750. The van der Waals surface area contributed by atoms with Gasteiger partial charge in [-0.3, -0.25) is 5.32 Å². The maximum Gasteiger partial charge on any atom is 0.137 e. The van der Waals surface area contributed by atoms with Crippen LogP contribution in [-0.2, 0) is 6.42 Å². The molecule has 1 N–H and O–H groups in total. The summed E-state index contributed by atoms with van der Waals surface area (Å²) >= 11 is 1.79. The van der Waals surface area contributed by atoms with Crippen molar-refractivity contribution in [3.63, 3.8) is 0 Å². The Morgan fingerprint density at radius 1 is 1.56 bits per heavy atom. The number of nitrogens with one attached hydrogen (secondary N) is 1. The fourth-order valence-electron chi connectivity index (χ4n) is 1.69. The summed E-state index contributed by atoms with van der Waals surface area (Å²) in [4.78, 5) is 0. The van der Waals surface area contributed by atoms with Crippen molar-refractivity contribution in [3.8, 4) is 0 Å². The van der Waals surface area contributed by atoms with Gasteiger partial charge < -0.3 is 4.52 Å². The summed E-state index contributed by atoms with van der Waals surface area (Å²) in [6.07, 6.45) is 5.68. The molecule has 16 heavy (non-hydrogen) atoms. The molecule has 1 aromatic rings. The molecule has 90 valence electrons. The summed E-state index contributed by atoms with van der Waals surface area (Å²) < 4.78 is 5.36. The highest BCUT2D eigenvalue weighted by atomic mass is 32.2. The average Bonchev–Trinajstić information content (AvgIpc) is 2.94. The van der Waals surface area contributed by atoms with Gasteiger partial charge in [0.05, 0.1) is 5.37 Å². The lowest BCUT2D eigenvalue weighted by Gasteiger charge is -2.12. The first-order valence-corrected chi connectivity index (χ1v) is 7.22. The summed E-state index contributed by atoms with van der Waals surface area (Å²) in [5.74, 6) is 1.62. The molecule has 0 amide bonds. The molecule has 1 saturated carbocycles. The highest BCUT2D eigenvalue weighted by Gasteiger charge is 2.26. The van der Waals surface area contributed by atoms with E-state index in [1.54, 1.807) is 11.8 Å². The van der Waals surface area contributed by atoms with Crippen molar-refractivity contribution in [1.82, 2.24) is 10.5 Å². The molecule has 1 atom stereocenters. The molecule has 1 aliphatic rings. The number of thioether (sulfide) groups is 1. The van der Waals surface area contributed by atoms with Gasteiger partial charge >= 0.3 is 0 Å². The van der Waals surface area contributed by atoms with E-state index in [1.807, 2.05) is 0 Å². The monoisotopic (exact) mass is 240 g/mol. The number of aromatic nitrogens is 1. The largest absolute Gasteiger partial charge is 0.361 e. The van der Waals surface area contributed by atoms with Crippen molar-refractivity contribution >= 4 is 11.8 Å². The number of hydrogen-bond donors (Lipinski definition) is 1. The Morgan fingerprint density at radius 2 is 2.31 bits per heavy atom. The van der Waals surface area contributed by atoms with E-state index in [9.17, 15) is 0 Å². The van der Waals surface area contributed by atoms with Crippen molar-refractivity contribution in [2.24, 2.45) is 5.92 Å². The topological polar surface area (TPSA) is 38.1 Å². The summed E-state index contributed by atoms with van der Waals surface area (Å²) in [5.41, 5.74) is 1.04. The molecule has 4 heteroatoms. The minimum Gasteiger partial charge on any atom is -0.361 e. The zero-order valence-corrected chi connectivity index (χ0v) is 11.0. The lowest BCUT2D eigenvalue weighted by atomic mass is 10.1. The van der Waals surface area contributed by atoms with Gasteiger partial charge in [-0.05, 0) is 25.0 Å². The molecule has 3 nitrogen and oxygen atoms in total. The molecule has 1 heterocycles. The van der Waals surface area contributed by atoms with Crippen LogP contribution in [0.15, 0.2) is 10.6 Å². The predicted molar refractivity (Wildman–Crippen MR) is 67.5 cm³/mol. The SMILES string of the molecule is CSC(NC1CC1)c1cc(CC(C)C)on1. The van der Waals surface area contributed by atoms with Crippen LogP contribution in [0.3, 0.4) is 0 Å². The van der Waals surface area contributed by atoms with Gasteiger partial charge in [0, 0.05) is 18.5 Å². The quantitative estimate of drug-likeness (QED) is 0.776. The van der Waals surface area contributed by atoms with Gasteiger partial charge in [-0.15, -0.1) is 11.8 Å². The third-order valence-electron chi connectivity index (χ3n) is 2.66. The third-order valence-corrected chi connectivity index (χ3v) is 3.50. The first-order valence-electron chi connectivity index (χ1n) is 5.93. The van der Waals surface area contributed by atoms with E-state index in [4.69, 9.17) is 4.52 Å². The third kappa shape index (κ3) is 3.25. The van der Waals surface area contributed by atoms with Gasteiger partial charge in [-0.25, -0.2) is 0 Å². The van der Waals surface area contributed by atoms with Gasteiger partial charge in [-0.2, -0.15) is 0 Å². The summed E-state index contributed by atoms with van der Waals surface area (Å²) in [7, 11) is 0. The predicted octanol–water partition coefficient (Wildman–Crippen LogP) is 2.99. The molecule has 0 aliphatic heterocycles. The molecule has 1 unspecified atom stereocenters. The molecule has 0 bridgehead atoms. The van der Waals surface area contributed by atoms with E-state index in [-0.39, 0.29) is 5.37 Å². The van der Waals surface area contributed by atoms with Crippen LogP contribution >= 0.6 is 11.8 Å². The molecule has 2 rings (SSSR count). The minimum atomic E-state index is 0.289. The molecule has 1 aliphatic carbocycles. The average molecular weight is 240 g/mol. The van der Waals surface area contributed by atoms with Gasteiger partial charge in [0.25, 0.3) is 0 Å². The maximum atomic E-state index is 5.36. The van der Waals surface area contributed by atoms with E-state index in [2.05, 4.69) is 36.6 Å². The Bertz CT molecular complexity index is 334.